The Balaban J connectivity index is 2.17. The average Bonchev–Trinajstić information content (AvgIpc) is 2.73. The summed E-state index contributed by atoms with van der Waals surface area (Å²) < 4.78 is 16.9. The smallest absolute Gasteiger partial charge is 0.250 e. The highest BCUT2D eigenvalue weighted by Gasteiger charge is 2.39. The monoisotopic (exact) mass is 278 g/mol. The maximum absolute atomic E-state index is 6.20. The Morgan fingerprint density at radius 3 is 2.47 bits per heavy atom. The zero-order valence-electron chi connectivity index (χ0n) is 12.4. The van der Waals surface area contributed by atoms with Gasteiger partial charge in [0.25, 0.3) is 0 Å². The van der Waals surface area contributed by atoms with E-state index < -0.39 is 8.32 Å². The Hall–Kier alpha value is -1.42. The van der Waals surface area contributed by atoms with Gasteiger partial charge in [-0.2, -0.15) is 0 Å². The van der Waals surface area contributed by atoms with E-state index in [0.717, 1.165) is 17.1 Å². The van der Waals surface area contributed by atoms with Crippen LogP contribution in [0.25, 0.3) is 5.76 Å². The maximum Gasteiger partial charge on any atom is 0.250 e. The van der Waals surface area contributed by atoms with Crippen LogP contribution in [0.1, 0.15) is 26.3 Å². The Morgan fingerprint density at radius 1 is 1.21 bits per heavy atom. The van der Waals surface area contributed by atoms with E-state index in [0.29, 0.717) is 5.76 Å². The minimum atomic E-state index is -1.85. The van der Waals surface area contributed by atoms with Gasteiger partial charge < -0.3 is 13.9 Å². The van der Waals surface area contributed by atoms with E-state index in [1.165, 1.54) is 0 Å². The van der Waals surface area contributed by atoms with Crippen molar-refractivity contribution < 1.29 is 13.9 Å². The Bertz CT molecular complexity index is 501. The Morgan fingerprint density at radius 2 is 1.84 bits per heavy atom. The molecule has 0 aliphatic carbocycles. The fourth-order valence-electron chi connectivity index (χ4n) is 1.59. The fraction of sp³-hybridized carbons (Fsp3) is 0.467. The summed E-state index contributed by atoms with van der Waals surface area (Å²) in [5.74, 6) is 2.26. The van der Waals surface area contributed by atoms with E-state index in [-0.39, 0.29) is 11.8 Å². The van der Waals surface area contributed by atoms with Gasteiger partial charge in [0.1, 0.15) is 5.76 Å². The van der Waals surface area contributed by atoms with Gasteiger partial charge in [0, 0.05) is 5.56 Å². The minimum Gasteiger partial charge on any atom is -0.543 e. The molecule has 0 radical (unpaired) electrons. The fourth-order valence-corrected chi connectivity index (χ4v) is 2.63. The van der Waals surface area contributed by atoms with Crippen molar-refractivity contribution in [2.45, 2.75) is 38.9 Å². The van der Waals surface area contributed by atoms with Crippen molar-refractivity contribution in [2.75, 3.05) is 6.79 Å². The first-order valence-electron chi connectivity index (χ1n) is 6.49. The van der Waals surface area contributed by atoms with Gasteiger partial charge in [-0.25, -0.2) is 0 Å². The second-order valence-corrected chi connectivity index (χ2v) is 11.1. The number of hydrogen-bond donors (Lipinski definition) is 0. The SMILES string of the molecule is C=C(O[Si](C)(C)C(C)(C)C)c1ccc2c(c1)OCO2. The Labute approximate surface area is 116 Å². The van der Waals surface area contributed by atoms with Crippen molar-refractivity contribution in [3.8, 4) is 11.5 Å². The van der Waals surface area contributed by atoms with E-state index in [1.807, 2.05) is 18.2 Å². The molecule has 1 aromatic rings. The molecule has 0 saturated carbocycles. The van der Waals surface area contributed by atoms with Crippen molar-refractivity contribution in [1.29, 1.82) is 0 Å². The van der Waals surface area contributed by atoms with Gasteiger partial charge in [0.05, 0.1) is 0 Å². The number of hydrogen-bond acceptors (Lipinski definition) is 3. The van der Waals surface area contributed by atoms with Crippen LogP contribution in [0.5, 0.6) is 11.5 Å². The lowest BCUT2D eigenvalue weighted by atomic mass is 10.2. The van der Waals surface area contributed by atoms with E-state index in [9.17, 15) is 0 Å². The number of rotatable bonds is 3. The molecule has 0 amide bonds. The van der Waals surface area contributed by atoms with Crippen LogP contribution < -0.4 is 9.47 Å². The molecule has 1 heterocycles. The standard InChI is InChI=1S/C15H22O3Si/c1-11(18-19(5,6)15(2,3)4)12-7-8-13-14(9-12)17-10-16-13/h7-9H,1,10H2,2-6H3. The van der Waals surface area contributed by atoms with E-state index in [4.69, 9.17) is 13.9 Å². The van der Waals surface area contributed by atoms with Crippen molar-refractivity contribution in [3.05, 3.63) is 30.3 Å². The van der Waals surface area contributed by atoms with Crippen molar-refractivity contribution >= 4 is 14.1 Å². The molecule has 19 heavy (non-hydrogen) atoms. The zero-order valence-corrected chi connectivity index (χ0v) is 13.4. The molecule has 0 unspecified atom stereocenters. The first-order valence-corrected chi connectivity index (χ1v) is 9.39. The highest BCUT2D eigenvalue weighted by atomic mass is 28.4. The average molecular weight is 278 g/mol. The van der Waals surface area contributed by atoms with E-state index in [1.54, 1.807) is 0 Å². The summed E-state index contributed by atoms with van der Waals surface area (Å²) in [6.45, 7) is 15.4. The lowest BCUT2D eigenvalue weighted by Crippen LogP contribution is -2.40. The van der Waals surface area contributed by atoms with Crippen LogP contribution in [0.15, 0.2) is 24.8 Å². The summed E-state index contributed by atoms with van der Waals surface area (Å²) in [5.41, 5.74) is 0.953. The summed E-state index contributed by atoms with van der Waals surface area (Å²) in [5, 5.41) is 0.159. The minimum absolute atomic E-state index is 0.159. The van der Waals surface area contributed by atoms with Gasteiger partial charge in [-0.3, -0.25) is 0 Å². The first kappa shape index (κ1) is 14.0. The van der Waals surface area contributed by atoms with Crippen LogP contribution in [0.4, 0.5) is 0 Å². The highest BCUT2D eigenvalue weighted by Crippen LogP contribution is 2.40. The van der Waals surface area contributed by atoms with Crippen molar-refractivity contribution in [2.24, 2.45) is 0 Å². The molecule has 0 fully saturated rings. The maximum atomic E-state index is 6.20. The van der Waals surface area contributed by atoms with Crippen LogP contribution in [0.2, 0.25) is 18.1 Å². The van der Waals surface area contributed by atoms with Gasteiger partial charge in [-0.05, 0) is 36.3 Å². The molecule has 4 heteroatoms. The molecule has 0 N–H and O–H groups in total. The second-order valence-electron chi connectivity index (χ2n) is 6.35. The summed E-state index contributed by atoms with van der Waals surface area (Å²) in [4.78, 5) is 0. The molecule has 0 saturated heterocycles. The first-order chi connectivity index (χ1) is 8.71. The number of fused-ring (bicyclic) bond motifs is 1. The summed E-state index contributed by atoms with van der Waals surface area (Å²) in [6.07, 6.45) is 0. The third-order valence-electron chi connectivity index (χ3n) is 3.88. The molecule has 0 bridgehead atoms. The molecule has 0 spiro atoms. The van der Waals surface area contributed by atoms with Gasteiger partial charge in [0.15, 0.2) is 11.5 Å². The molecular formula is C15H22O3Si. The molecular weight excluding hydrogens is 256 g/mol. The third-order valence-corrected chi connectivity index (χ3v) is 8.25. The summed E-state index contributed by atoms with van der Waals surface area (Å²) >= 11 is 0. The van der Waals surface area contributed by atoms with Gasteiger partial charge in [0.2, 0.25) is 15.1 Å². The predicted molar refractivity (Wildman–Crippen MR) is 79.9 cm³/mol. The molecule has 3 nitrogen and oxygen atoms in total. The molecule has 104 valence electrons. The second kappa shape index (κ2) is 4.60. The number of ether oxygens (including phenoxy) is 2. The van der Waals surface area contributed by atoms with Crippen molar-refractivity contribution in [3.63, 3.8) is 0 Å². The molecule has 1 aromatic carbocycles. The molecule has 1 aliphatic rings. The van der Waals surface area contributed by atoms with Gasteiger partial charge >= 0.3 is 0 Å². The number of benzene rings is 1. The van der Waals surface area contributed by atoms with Crippen LogP contribution >= 0.6 is 0 Å². The quantitative estimate of drug-likeness (QED) is 0.605. The predicted octanol–water partition coefficient (Wildman–Crippen LogP) is 4.41. The van der Waals surface area contributed by atoms with E-state index >= 15 is 0 Å². The molecule has 0 atom stereocenters. The molecule has 2 rings (SSSR count). The third kappa shape index (κ3) is 2.78. The van der Waals surface area contributed by atoms with Gasteiger partial charge in [-0.15, -0.1) is 0 Å². The lowest BCUT2D eigenvalue weighted by molar-refractivity contribution is 0.174. The highest BCUT2D eigenvalue weighted by molar-refractivity contribution is 6.74. The summed E-state index contributed by atoms with van der Waals surface area (Å²) in [7, 11) is -1.85. The topological polar surface area (TPSA) is 27.7 Å². The van der Waals surface area contributed by atoms with E-state index in [2.05, 4.69) is 40.4 Å². The zero-order chi connectivity index (χ0) is 14.3. The van der Waals surface area contributed by atoms with Crippen LogP contribution in [0.3, 0.4) is 0 Å². The largest absolute Gasteiger partial charge is 0.543 e. The lowest BCUT2D eigenvalue weighted by Gasteiger charge is -2.37. The molecule has 1 aliphatic heterocycles. The summed E-state index contributed by atoms with van der Waals surface area (Å²) in [6, 6.07) is 5.79. The van der Waals surface area contributed by atoms with Crippen LogP contribution in [0, 0.1) is 0 Å². The normalized spacial score (nSPS) is 14.4. The van der Waals surface area contributed by atoms with Crippen molar-refractivity contribution in [1.82, 2.24) is 0 Å². The Kier molecular flexibility index (Phi) is 3.39. The van der Waals surface area contributed by atoms with Gasteiger partial charge in [-0.1, -0.05) is 27.4 Å². The molecule has 0 aromatic heterocycles. The van der Waals surface area contributed by atoms with Crippen LogP contribution in [-0.4, -0.2) is 15.1 Å². The van der Waals surface area contributed by atoms with Crippen LogP contribution in [-0.2, 0) is 4.43 Å².